The van der Waals surface area contributed by atoms with E-state index in [1.807, 2.05) is 39.0 Å². The lowest BCUT2D eigenvalue weighted by atomic mass is 10.0. The van der Waals surface area contributed by atoms with Crippen molar-refractivity contribution in [1.29, 1.82) is 0 Å². The topological polar surface area (TPSA) is 44.0 Å². The summed E-state index contributed by atoms with van der Waals surface area (Å²) in [6.45, 7) is 6.47. The van der Waals surface area contributed by atoms with E-state index in [0.29, 0.717) is 12.1 Å². The molecule has 0 atom stereocenters. The second kappa shape index (κ2) is 5.26. The van der Waals surface area contributed by atoms with Crippen molar-refractivity contribution in [2.75, 3.05) is 0 Å². The zero-order chi connectivity index (χ0) is 14.0. The number of Topliss-reactive ketones (excluding diaryl/α,β-unsaturated/α-hetero) is 1. The van der Waals surface area contributed by atoms with Crippen LogP contribution in [0.3, 0.4) is 0 Å². The summed E-state index contributed by atoms with van der Waals surface area (Å²) in [4.78, 5) is 24.2. The number of ketones is 1. The molecule has 4 nitrogen and oxygen atoms in total. The molecule has 19 heavy (non-hydrogen) atoms. The summed E-state index contributed by atoms with van der Waals surface area (Å²) in [5, 5.41) is 0. The van der Waals surface area contributed by atoms with Gasteiger partial charge in [-0.05, 0) is 32.4 Å². The molecule has 0 spiro atoms. The lowest BCUT2D eigenvalue weighted by Gasteiger charge is -2.06. The van der Waals surface area contributed by atoms with Gasteiger partial charge in [0, 0.05) is 24.5 Å². The standard InChI is InChI=1S/C15H18N2O2/c1-4-16-7-8-17(15(16)19)10-14(18)13-9-11(2)5-6-12(13)3/h5-9H,4,10H2,1-3H3. The fraction of sp³-hybridized carbons (Fsp3) is 0.333. The molecule has 1 aromatic heterocycles. The van der Waals surface area contributed by atoms with Gasteiger partial charge in [-0.3, -0.25) is 13.9 Å². The van der Waals surface area contributed by atoms with Crippen LogP contribution < -0.4 is 5.69 Å². The molecule has 0 aliphatic heterocycles. The Balaban J connectivity index is 2.28. The van der Waals surface area contributed by atoms with Gasteiger partial charge in [0.15, 0.2) is 5.78 Å². The minimum Gasteiger partial charge on any atom is -0.300 e. The maximum atomic E-state index is 12.3. The molecule has 1 aromatic carbocycles. The van der Waals surface area contributed by atoms with Gasteiger partial charge < -0.3 is 0 Å². The summed E-state index contributed by atoms with van der Waals surface area (Å²) in [5.41, 5.74) is 2.54. The SMILES string of the molecule is CCn1ccn(CC(=O)c2cc(C)ccc2C)c1=O. The average molecular weight is 258 g/mol. The largest absolute Gasteiger partial charge is 0.328 e. The quantitative estimate of drug-likeness (QED) is 0.789. The van der Waals surface area contributed by atoms with E-state index >= 15 is 0 Å². The molecule has 0 amide bonds. The number of hydrogen-bond acceptors (Lipinski definition) is 2. The van der Waals surface area contributed by atoms with Crippen molar-refractivity contribution in [3.05, 3.63) is 57.8 Å². The van der Waals surface area contributed by atoms with Crippen LogP contribution in [0.5, 0.6) is 0 Å². The van der Waals surface area contributed by atoms with E-state index in [-0.39, 0.29) is 18.0 Å². The summed E-state index contributed by atoms with van der Waals surface area (Å²) >= 11 is 0. The highest BCUT2D eigenvalue weighted by Gasteiger charge is 2.12. The Hall–Kier alpha value is -2.10. The van der Waals surface area contributed by atoms with Crippen molar-refractivity contribution in [2.24, 2.45) is 0 Å². The first-order valence-corrected chi connectivity index (χ1v) is 6.39. The molecule has 2 rings (SSSR count). The number of benzene rings is 1. The van der Waals surface area contributed by atoms with Crippen molar-refractivity contribution in [1.82, 2.24) is 9.13 Å². The van der Waals surface area contributed by atoms with Gasteiger partial charge in [-0.15, -0.1) is 0 Å². The van der Waals surface area contributed by atoms with Crippen molar-refractivity contribution in [3.8, 4) is 0 Å². The van der Waals surface area contributed by atoms with E-state index < -0.39 is 0 Å². The molecule has 0 saturated carbocycles. The molecule has 0 bridgehead atoms. The Morgan fingerprint density at radius 1 is 1.16 bits per heavy atom. The molecule has 0 radical (unpaired) electrons. The number of nitrogens with zero attached hydrogens (tertiary/aromatic N) is 2. The Labute approximate surface area is 112 Å². The van der Waals surface area contributed by atoms with Gasteiger partial charge in [-0.2, -0.15) is 0 Å². The van der Waals surface area contributed by atoms with Gasteiger partial charge in [-0.25, -0.2) is 4.79 Å². The summed E-state index contributed by atoms with van der Waals surface area (Å²) < 4.78 is 3.03. The molecule has 0 aliphatic carbocycles. The van der Waals surface area contributed by atoms with Crippen LogP contribution in [0.2, 0.25) is 0 Å². The second-order valence-corrected chi connectivity index (χ2v) is 4.74. The number of aryl methyl sites for hydroxylation is 3. The highest BCUT2D eigenvalue weighted by Crippen LogP contribution is 2.12. The van der Waals surface area contributed by atoms with Crippen LogP contribution >= 0.6 is 0 Å². The van der Waals surface area contributed by atoms with Crippen LogP contribution in [0.1, 0.15) is 28.4 Å². The van der Waals surface area contributed by atoms with Crippen molar-refractivity contribution >= 4 is 5.78 Å². The molecule has 2 aromatic rings. The maximum Gasteiger partial charge on any atom is 0.328 e. The maximum absolute atomic E-state index is 12.3. The number of imidazole rings is 1. The minimum atomic E-state index is -0.138. The molecule has 0 N–H and O–H groups in total. The van der Waals surface area contributed by atoms with Gasteiger partial charge in [-0.1, -0.05) is 17.7 Å². The zero-order valence-corrected chi connectivity index (χ0v) is 11.5. The van der Waals surface area contributed by atoms with E-state index in [0.717, 1.165) is 11.1 Å². The first-order chi connectivity index (χ1) is 9.02. The molecule has 0 fully saturated rings. The summed E-state index contributed by atoms with van der Waals surface area (Å²) in [6.07, 6.45) is 3.37. The van der Waals surface area contributed by atoms with Gasteiger partial charge in [0.05, 0.1) is 6.54 Å². The monoisotopic (exact) mass is 258 g/mol. The van der Waals surface area contributed by atoms with E-state index in [1.165, 1.54) is 4.57 Å². The summed E-state index contributed by atoms with van der Waals surface area (Å²) in [7, 11) is 0. The molecule has 4 heteroatoms. The average Bonchev–Trinajstić information content (AvgIpc) is 2.73. The van der Waals surface area contributed by atoms with E-state index in [1.54, 1.807) is 17.0 Å². The first-order valence-electron chi connectivity index (χ1n) is 6.39. The van der Waals surface area contributed by atoms with Crippen LogP contribution in [0.15, 0.2) is 35.4 Å². The molecular formula is C15H18N2O2. The molecule has 100 valence electrons. The Morgan fingerprint density at radius 3 is 2.47 bits per heavy atom. The van der Waals surface area contributed by atoms with Crippen molar-refractivity contribution in [2.45, 2.75) is 33.9 Å². The summed E-state index contributed by atoms with van der Waals surface area (Å²) in [6, 6.07) is 5.79. The fourth-order valence-electron chi connectivity index (χ4n) is 2.09. The van der Waals surface area contributed by atoms with Crippen LogP contribution in [-0.2, 0) is 13.1 Å². The van der Waals surface area contributed by atoms with Gasteiger partial charge in [0.25, 0.3) is 0 Å². The summed E-state index contributed by atoms with van der Waals surface area (Å²) in [5.74, 6) is -0.0304. The molecule has 0 saturated heterocycles. The molecule has 0 aliphatic rings. The number of rotatable bonds is 4. The van der Waals surface area contributed by atoms with Crippen LogP contribution in [-0.4, -0.2) is 14.9 Å². The number of aromatic nitrogens is 2. The number of hydrogen-bond donors (Lipinski definition) is 0. The predicted molar refractivity (Wildman–Crippen MR) is 74.6 cm³/mol. The van der Waals surface area contributed by atoms with Crippen molar-refractivity contribution < 1.29 is 4.79 Å². The third-order valence-corrected chi connectivity index (χ3v) is 3.27. The normalized spacial score (nSPS) is 10.7. The molecular weight excluding hydrogens is 240 g/mol. The lowest BCUT2D eigenvalue weighted by Crippen LogP contribution is -2.26. The first kappa shape index (κ1) is 13.3. The van der Waals surface area contributed by atoms with Gasteiger partial charge in [0.2, 0.25) is 0 Å². The highest BCUT2D eigenvalue weighted by atomic mass is 16.2. The van der Waals surface area contributed by atoms with Gasteiger partial charge in [0.1, 0.15) is 0 Å². The lowest BCUT2D eigenvalue weighted by molar-refractivity contribution is 0.0970. The second-order valence-electron chi connectivity index (χ2n) is 4.74. The van der Waals surface area contributed by atoms with E-state index in [9.17, 15) is 9.59 Å². The number of carbonyl (C=O) groups excluding carboxylic acids is 1. The van der Waals surface area contributed by atoms with Crippen molar-refractivity contribution in [3.63, 3.8) is 0 Å². The number of carbonyl (C=O) groups is 1. The van der Waals surface area contributed by atoms with Gasteiger partial charge >= 0.3 is 5.69 Å². The van der Waals surface area contributed by atoms with Crippen LogP contribution in [0.25, 0.3) is 0 Å². The van der Waals surface area contributed by atoms with E-state index in [2.05, 4.69) is 0 Å². The Bertz CT molecular complexity index is 665. The fourth-order valence-corrected chi connectivity index (χ4v) is 2.09. The Morgan fingerprint density at radius 2 is 1.84 bits per heavy atom. The third-order valence-electron chi connectivity index (χ3n) is 3.27. The molecule has 1 heterocycles. The Kier molecular flexibility index (Phi) is 3.69. The van der Waals surface area contributed by atoms with Crippen LogP contribution in [0.4, 0.5) is 0 Å². The predicted octanol–water partition coefficient (Wildman–Crippen LogP) is 2.17. The van der Waals surface area contributed by atoms with Crippen LogP contribution in [0, 0.1) is 13.8 Å². The van der Waals surface area contributed by atoms with E-state index in [4.69, 9.17) is 0 Å². The minimum absolute atomic E-state index is 0.0304. The molecule has 0 unspecified atom stereocenters. The third kappa shape index (κ3) is 2.67. The smallest absolute Gasteiger partial charge is 0.300 e. The highest BCUT2D eigenvalue weighted by molar-refractivity contribution is 5.97. The zero-order valence-electron chi connectivity index (χ0n) is 11.5.